The van der Waals surface area contributed by atoms with Crippen molar-refractivity contribution in [3.05, 3.63) is 30.3 Å². The largest absolute Gasteiger partial charge is 0.330 e. The Morgan fingerprint density at radius 2 is 1.89 bits per heavy atom. The van der Waals surface area contributed by atoms with E-state index in [-0.39, 0.29) is 5.91 Å². The summed E-state index contributed by atoms with van der Waals surface area (Å²) in [5.41, 5.74) is 6.50. The van der Waals surface area contributed by atoms with E-state index in [1.54, 1.807) is 0 Å². The first-order chi connectivity index (χ1) is 8.79. The molecule has 0 aliphatic carbocycles. The van der Waals surface area contributed by atoms with E-state index in [9.17, 15) is 4.79 Å². The molecule has 0 unspecified atom stereocenters. The smallest absolute Gasteiger partial charge is 0.226 e. The second-order valence-corrected chi connectivity index (χ2v) is 4.48. The molecule has 2 N–H and O–H groups in total. The van der Waals surface area contributed by atoms with Gasteiger partial charge in [-0.25, -0.2) is 0 Å². The van der Waals surface area contributed by atoms with Crippen LogP contribution in [0.3, 0.4) is 0 Å². The lowest BCUT2D eigenvalue weighted by molar-refractivity contribution is -0.118. The van der Waals surface area contributed by atoms with Crippen LogP contribution in [0.2, 0.25) is 0 Å². The van der Waals surface area contributed by atoms with Gasteiger partial charge in [0.2, 0.25) is 5.91 Å². The Balaban J connectivity index is 2.65. The quantitative estimate of drug-likeness (QED) is 0.719. The number of para-hydroxylation sites is 1. The van der Waals surface area contributed by atoms with Gasteiger partial charge < -0.3 is 10.6 Å². The molecule has 0 heterocycles. The van der Waals surface area contributed by atoms with Crippen molar-refractivity contribution < 1.29 is 4.79 Å². The molecular weight excluding hydrogens is 224 g/mol. The summed E-state index contributed by atoms with van der Waals surface area (Å²) in [5, 5.41) is 0. The summed E-state index contributed by atoms with van der Waals surface area (Å²) < 4.78 is 0. The van der Waals surface area contributed by atoms with Gasteiger partial charge in [0.25, 0.3) is 0 Å². The highest BCUT2D eigenvalue weighted by Gasteiger charge is 2.14. The SMILES string of the molecule is CCCCC(=O)N(CCCCN)c1ccccc1. The zero-order valence-electron chi connectivity index (χ0n) is 11.3. The minimum absolute atomic E-state index is 0.222. The van der Waals surface area contributed by atoms with Crippen molar-refractivity contribution in [3.63, 3.8) is 0 Å². The van der Waals surface area contributed by atoms with Crippen LogP contribution in [0.25, 0.3) is 0 Å². The van der Waals surface area contributed by atoms with Gasteiger partial charge in [-0.15, -0.1) is 0 Å². The molecule has 18 heavy (non-hydrogen) atoms. The van der Waals surface area contributed by atoms with Crippen molar-refractivity contribution in [2.45, 2.75) is 39.0 Å². The van der Waals surface area contributed by atoms with Crippen LogP contribution < -0.4 is 10.6 Å². The average Bonchev–Trinajstić information content (AvgIpc) is 2.42. The molecule has 1 rings (SSSR count). The molecule has 0 atom stereocenters. The number of amides is 1. The molecule has 0 aromatic heterocycles. The third-order valence-corrected chi connectivity index (χ3v) is 2.95. The molecule has 0 bridgehead atoms. The molecular formula is C15H24N2O. The highest BCUT2D eigenvalue weighted by molar-refractivity contribution is 5.93. The van der Waals surface area contributed by atoms with Crippen LogP contribution >= 0.6 is 0 Å². The number of rotatable bonds is 8. The van der Waals surface area contributed by atoms with Crippen molar-refractivity contribution >= 4 is 11.6 Å². The van der Waals surface area contributed by atoms with E-state index in [4.69, 9.17) is 5.73 Å². The fourth-order valence-electron chi connectivity index (χ4n) is 1.88. The van der Waals surface area contributed by atoms with Gasteiger partial charge in [0, 0.05) is 18.7 Å². The van der Waals surface area contributed by atoms with E-state index < -0.39 is 0 Å². The fraction of sp³-hybridized carbons (Fsp3) is 0.533. The van der Waals surface area contributed by atoms with Crippen molar-refractivity contribution in [2.75, 3.05) is 18.0 Å². The maximum atomic E-state index is 12.2. The molecule has 0 aliphatic heterocycles. The molecule has 0 aliphatic rings. The lowest BCUT2D eigenvalue weighted by Gasteiger charge is -2.22. The lowest BCUT2D eigenvalue weighted by Crippen LogP contribution is -2.31. The summed E-state index contributed by atoms with van der Waals surface area (Å²) in [6, 6.07) is 9.90. The molecule has 0 fully saturated rings. The Hall–Kier alpha value is -1.35. The third-order valence-electron chi connectivity index (χ3n) is 2.95. The molecule has 0 saturated heterocycles. The number of benzene rings is 1. The minimum atomic E-state index is 0.222. The second-order valence-electron chi connectivity index (χ2n) is 4.48. The molecule has 1 aromatic rings. The number of hydrogen-bond donors (Lipinski definition) is 1. The molecule has 0 spiro atoms. The van der Waals surface area contributed by atoms with Gasteiger partial charge >= 0.3 is 0 Å². The number of nitrogens with zero attached hydrogens (tertiary/aromatic N) is 1. The summed E-state index contributed by atoms with van der Waals surface area (Å²) in [7, 11) is 0. The number of nitrogens with two attached hydrogens (primary N) is 1. The molecule has 3 nitrogen and oxygen atoms in total. The van der Waals surface area contributed by atoms with E-state index in [1.807, 2.05) is 35.2 Å². The molecule has 0 saturated carbocycles. The first-order valence-electron chi connectivity index (χ1n) is 6.85. The zero-order valence-corrected chi connectivity index (χ0v) is 11.3. The van der Waals surface area contributed by atoms with Gasteiger partial charge in [-0.3, -0.25) is 4.79 Å². The van der Waals surface area contributed by atoms with Crippen LogP contribution in [0.1, 0.15) is 39.0 Å². The first kappa shape index (κ1) is 14.7. The predicted molar refractivity (Wildman–Crippen MR) is 76.6 cm³/mol. The van der Waals surface area contributed by atoms with Crippen LogP contribution in [0.15, 0.2) is 30.3 Å². The van der Waals surface area contributed by atoms with Crippen LogP contribution in [0.5, 0.6) is 0 Å². The van der Waals surface area contributed by atoms with E-state index in [0.29, 0.717) is 13.0 Å². The monoisotopic (exact) mass is 248 g/mol. The van der Waals surface area contributed by atoms with Crippen molar-refractivity contribution in [1.82, 2.24) is 0 Å². The second kappa shape index (κ2) is 8.70. The summed E-state index contributed by atoms with van der Waals surface area (Å²) in [4.78, 5) is 14.1. The Bertz CT molecular complexity index is 338. The number of carbonyl (C=O) groups excluding carboxylic acids is 1. The number of anilines is 1. The average molecular weight is 248 g/mol. The van der Waals surface area contributed by atoms with Crippen molar-refractivity contribution in [1.29, 1.82) is 0 Å². The van der Waals surface area contributed by atoms with Gasteiger partial charge in [0.05, 0.1) is 0 Å². The molecule has 3 heteroatoms. The van der Waals surface area contributed by atoms with Gasteiger partial charge in [0.1, 0.15) is 0 Å². The predicted octanol–water partition coefficient (Wildman–Crippen LogP) is 2.95. The first-order valence-corrected chi connectivity index (χ1v) is 6.85. The van der Waals surface area contributed by atoms with Crippen LogP contribution in [0, 0.1) is 0 Å². The summed E-state index contributed by atoms with van der Waals surface area (Å²) in [5.74, 6) is 0.222. The maximum absolute atomic E-state index is 12.2. The zero-order chi connectivity index (χ0) is 13.2. The minimum Gasteiger partial charge on any atom is -0.330 e. The van der Waals surface area contributed by atoms with Gasteiger partial charge in [-0.1, -0.05) is 31.5 Å². The highest BCUT2D eigenvalue weighted by atomic mass is 16.2. The number of unbranched alkanes of at least 4 members (excludes halogenated alkanes) is 2. The molecule has 1 amide bonds. The van der Waals surface area contributed by atoms with Crippen molar-refractivity contribution in [3.8, 4) is 0 Å². The van der Waals surface area contributed by atoms with Crippen LogP contribution in [-0.2, 0) is 4.79 Å². The number of carbonyl (C=O) groups is 1. The standard InChI is InChI=1S/C15H24N2O/c1-2-3-11-15(18)17(13-8-7-12-16)14-9-5-4-6-10-14/h4-6,9-10H,2-3,7-8,11-13,16H2,1H3. The van der Waals surface area contributed by atoms with Crippen LogP contribution in [0.4, 0.5) is 5.69 Å². The van der Waals surface area contributed by atoms with Gasteiger partial charge in [-0.2, -0.15) is 0 Å². The van der Waals surface area contributed by atoms with Crippen LogP contribution in [-0.4, -0.2) is 19.0 Å². The normalized spacial score (nSPS) is 10.3. The van der Waals surface area contributed by atoms with Gasteiger partial charge in [0.15, 0.2) is 0 Å². The highest BCUT2D eigenvalue weighted by Crippen LogP contribution is 2.16. The topological polar surface area (TPSA) is 46.3 Å². The lowest BCUT2D eigenvalue weighted by atomic mass is 10.2. The molecule has 1 aromatic carbocycles. The fourth-order valence-corrected chi connectivity index (χ4v) is 1.88. The van der Waals surface area contributed by atoms with Gasteiger partial charge in [-0.05, 0) is 37.9 Å². The Labute approximate surface area is 110 Å². The summed E-state index contributed by atoms with van der Waals surface area (Å²) in [6.45, 7) is 3.56. The van der Waals surface area contributed by atoms with Crippen molar-refractivity contribution in [2.24, 2.45) is 5.73 Å². The summed E-state index contributed by atoms with van der Waals surface area (Å²) >= 11 is 0. The van der Waals surface area contributed by atoms with E-state index >= 15 is 0 Å². The maximum Gasteiger partial charge on any atom is 0.226 e. The molecule has 100 valence electrons. The molecule has 0 radical (unpaired) electrons. The third kappa shape index (κ3) is 4.88. The number of hydrogen-bond acceptors (Lipinski definition) is 2. The Kier molecular flexibility index (Phi) is 7.11. The van der Waals surface area contributed by atoms with E-state index in [0.717, 1.165) is 37.9 Å². The Morgan fingerprint density at radius 3 is 2.50 bits per heavy atom. The van der Waals surface area contributed by atoms with E-state index in [2.05, 4.69) is 6.92 Å². The van der Waals surface area contributed by atoms with E-state index in [1.165, 1.54) is 0 Å². The summed E-state index contributed by atoms with van der Waals surface area (Å²) in [6.07, 6.45) is 4.57. The Morgan fingerprint density at radius 1 is 1.17 bits per heavy atom.